The van der Waals surface area contributed by atoms with E-state index in [1.165, 1.54) is 22.3 Å². The van der Waals surface area contributed by atoms with Gasteiger partial charge in [-0.05, 0) is 67.7 Å². The van der Waals surface area contributed by atoms with Crippen molar-refractivity contribution in [1.82, 2.24) is 5.32 Å². The molecule has 0 saturated heterocycles. The Kier molecular flexibility index (Phi) is 5.78. The van der Waals surface area contributed by atoms with Crippen LogP contribution >= 0.6 is 12.2 Å². The molecule has 0 fully saturated rings. The van der Waals surface area contributed by atoms with Crippen LogP contribution in [-0.4, -0.2) is 5.11 Å². The molecule has 2 rings (SSSR count). The van der Waals surface area contributed by atoms with Crippen LogP contribution in [0.1, 0.15) is 42.1 Å². The fourth-order valence-electron chi connectivity index (χ4n) is 2.81. The second-order valence-electron chi connectivity index (χ2n) is 6.55. The Labute approximate surface area is 145 Å². The van der Waals surface area contributed by atoms with Crippen molar-refractivity contribution in [1.29, 1.82) is 0 Å². The largest absolute Gasteiger partial charge is 0.355 e. The molecule has 0 spiro atoms. The van der Waals surface area contributed by atoms with E-state index in [-0.39, 0.29) is 6.04 Å². The van der Waals surface area contributed by atoms with Crippen LogP contribution in [-0.2, 0) is 0 Å². The van der Waals surface area contributed by atoms with Gasteiger partial charge in [-0.2, -0.15) is 0 Å². The summed E-state index contributed by atoms with van der Waals surface area (Å²) in [5.74, 6) is 0.439. The lowest BCUT2D eigenvalue weighted by atomic mass is 9.92. The van der Waals surface area contributed by atoms with Gasteiger partial charge in [0, 0.05) is 5.69 Å². The summed E-state index contributed by atoms with van der Waals surface area (Å²) >= 11 is 5.52. The topological polar surface area (TPSA) is 24.1 Å². The molecule has 1 atom stereocenters. The minimum Gasteiger partial charge on any atom is -0.355 e. The Balaban J connectivity index is 2.14. The molecule has 0 heterocycles. The minimum atomic E-state index is 0.195. The molecule has 0 aliphatic rings. The molecular weight excluding hydrogens is 300 g/mol. The zero-order valence-electron chi connectivity index (χ0n) is 14.6. The summed E-state index contributed by atoms with van der Waals surface area (Å²) in [5, 5.41) is 7.43. The number of anilines is 1. The van der Waals surface area contributed by atoms with E-state index >= 15 is 0 Å². The highest BCUT2D eigenvalue weighted by Gasteiger charge is 2.18. The molecule has 122 valence electrons. The van der Waals surface area contributed by atoms with Crippen LogP contribution in [0.2, 0.25) is 0 Å². The highest BCUT2D eigenvalue weighted by molar-refractivity contribution is 7.80. The predicted molar refractivity (Wildman–Crippen MR) is 104 cm³/mol. The molecule has 0 radical (unpaired) electrons. The number of hydrogen-bond donors (Lipinski definition) is 2. The molecule has 2 aromatic rings. The number of rotatable bonds is 4. The smallest absolute Gasteiger partial charge is 0.171 e. The van der Waals surface area contributed by atoms with Gasteiger partial charge in [0.15, 0.2) is 5.11 Å². The van der Waals surface area contributed by atoms with E-state index < -0.39 is 0 Å². The lowest BCUT2D eigenvalue weighted by Crippen LogP contribution is -2.35. The molecule has 0 unspecified atom stereocenters. The van der Waals surface area contributed by atoms with Crippen molar-refractivity contribution in [2.75, 3.05) is 5.32 Å². The van der Waals surface area contributed by atoms with Crippen molar-refractivity contribution in [3.05, 3.63) is 64.7 Å². The van der Waals surface area contributed by atoms with Crippen LogP contribution < -0.4 is 10.6 Å². The summed E-state index contributed by atoms with van der Waals surface area (Å²) in [5.41, 5.74) is 6.13. The van der Waals surface area contributed by atoms with Crippen LogP contribution in [0.3, 0.4) is 0 Å². The Morgan fingerprint density at radius 1 is 0.957 bits per heavy atom. The molecule has 0 saturated carbocycles. The van der Waals surface area contributed by atoms with Crippen LogP contribution in [0.25, 0.3) is 0 Å². The molecule has 0 aliphatic heterocycles. The Hall–Kier alpha value is -1.87. The van der Waals surface area contributed by atoms with E-state index in [1.54, 1.807) is 0 Å². The summed E-state index contributed by atoms with van der Waals surface area (Å²) in [6, 6.07) is 15.0. The maximum absolute atomic E-state index is 5.52. The van der Waals surface area contributed by atoms with Crippen molar-refractivity contribution in [2.45, 2.75) is 40.7 Å². The van der Waals surface area contributed by atoms with Crippen LogP contribution in [0.4, 0.5) is 5.69 Å². The number of benzene rings is 2. The third kappa shape index (κ3) is 4.80. The first-order valence-electron chi connectivity index (χ1n) is 8.08. The molecule has 0 aromatic heterocycles. The fourth-order valence-corrected chi connectivity index (χ4v) is 3.05. The Morgan fingerprint density at radius 2 is 1.65 bits per heavy atom. The lowest BCUT2D eigenvalue weighted by molar-refractivity contribution is 0.471. The van der Waals surface area contributed by atoms with Crippen LogP contribution in [0.15, 0.2) is 42.5 Å². The molecule has 3 heteroatoms. The van der Waals surface area contributed by atoms with Gasteiger partial charge in [-0.3, -0.25) is 0 Å². The summed E-state index contributed by atoms with van der Waals surface area (Å²) in [4.78, 5) is 0. The number of nitrogens with one attached hydrogen (secondary N) is 2. The van der Waals surface area contributed by atoms with Crippen LogP contribution in [0.5, 0.6) is 0 Å². The van der Waals surface area contributed by atoms with Crippen molar-refractivity contribution in [3.8, 4) is 0 Å². The molecule has 0 aliphatic carbocycles. The molecule has 2 aromatic carbocycles. The van der Waals surface area contributed by atoms with E-state index in [1.807, 2.05) is 12.1 Å². The van der Waals surface area contributed by atoms with Crippen molar-refractivity contribution < 1.29 is 0 Å². The van der Waals surface area contributed by atoms with Gasteiger partial charge in [0.1, 0.15) is 0 Å². The average molecular weight is 327 g/mol. The SMILES string of the molecule is Cc1cccc(NC(=S)N[C@@H](c2ccc(C)cc2C)C(C)C)c1. The van der Waals surface area contributed by atoms with E-state index in [2.05, 4.69) is 75.6 Å². The summed E-state index contributed by atoms with van der Waals surface area (Å²) in [7, 11) is 0. The zero-order chi connectivity index (χ0) is 17.0. The van der Waals surface area contributed by atoms with Gasteiger partial charge in [-0.25, -0.2) is 0 Å². The Morgan fingerprint density at radius 3 is 2.26 bits per heavy atom. The van der Waals surface area contributed by atoms with Crippen LogP contribution in [0, 0.1) is 26.7 Å². The molecule has 2 nitrogen and oxygen atoms in total. The van der Waals surface area contributed by atoms with Gasteiger partial charge >= 0.3 is 0 Å². The Bertz CT molecular complexity index is 692. The second-order valence-corrected chi connectivity index (χ2v) is 6.96. The maximum Gasteiger partial charge on any atom is 0.171 e. The van der Waals surface area contributed by atoms with E-state index in [4.69, 9.17) is 12.2 Å². The lowest BCUT2D eigenvalue weighted by Gasteiger charge is -2.26. The van der Waals surface area contributed by atoms with Gasteiger partial charge in [-0.1, -0.05) is 49.7 Å². The zero-order valence-corrected chi connectivity index (χ0v) is 15.4. The first-order valence-corrected chi connectivity index (χ1v) is 8.49. The molecule has 0 bridgehead atoms. The highest BCUT2D eigenvalue weighted by atomic mass is 32.1. The monoisotopic (exact) mass is 326 g/mol. The molecule has 2 N–H and O–H groups in total. The first kappa shape index (κ1) is 17.5. The second kappa shape index (κ2) is 7.60. The average Bonchev–Trinajstić information content (AvgIpc) is 2.45. The standard InChI is InChI=1S/C20H26N2S/c1-13(2)19(18-10-9-15(4)11-16(18)5)22-20(23)21-17-8-6-7-14(3)12-17/h6-13,19H,1-5H3,(H2,21,22,23)/t19-/m1/s1. The summed E-state index contributed by atoms with van der Waals surface area (Å²) in [6.45, 7) is 10.8. The van der Waals surface area contributed by atoms with Crippen molar-refractivity contribution in [3.63, 3.8) is 0 Å². The summed E-state index contributed by atoms with van der Waals surface area (Å²) < 4.78 is 0. The van der Waals surface area contributed by atoms with Gasteiger partial charge in [-0.15, -0.1) is 0 Å². The number of aryl methyl sites for hydroxylation is 3. The van der Waals surface area contributed by atoms with Gasteiger partial charge in [0.25, 0.3) is 0 Å². The van der Waals surface area contributed by atoms with E-state index in [0.29, 0.717) is 11.0 Å². The normalized spacial score (nSPS) is 12.1. The predicted octanol–water partition coefficient (Wildman–Crippen LogP) is 5.30. The van der Waals surface area contributed by atoms with E-state index in [9.17, 15) is 0 Å². The third-order valence-corrected chi connectivity index (χ3v) is 4.21. The fraction of sp³-hybridized carbons (Fsp3) is 0.350. The van der Waals surface area contributed by atoms with E-state index in [0.717, 1.165) is 5.69 Å². The third-order valence-electron chi connectivity index (χ3n) is 3.99. The summed E-state index contributed by atoms with van der Waals surface area (Å²) in [6.07, 6.45) is 0. The quantitative estimate of drug-likeness (QED) is 0.746. The van der Waals surface area contributed by atoms with Gasteiger partial charge < -0.3 is 10.6 Å². The van der Waals surface area contributed by atoms with Gasteiger partial charge in [0.2, 0.25) is 0 Å². The highest BCUT2D eigenvalue weighted by Crippen LogP contribution is 2.25. The number of hydrogen-bond acceptors (Lipinski definition) is 1. The molecular formula is C20H26N2S. The molecule has 23 heavy (non-hydrogen) atoms. The minimum absolute atomic E-state index is 0.195. The first-order chi connectivity index (χ1) is 10.9. The molecule has 0 amide bonds. The van der Waals surface area contributed by atoms with Gasteiger partial charge in [0.05, 0.1) is 6.04 Å². The maximum atomic E-state index is 5.52. The van der Waals surface area contributed by atoms with Crippen molar-refractivity contribution >= 4 is 23.0 Å². The number of thiocarbonyl (C=S) groups is 1. The van der Waals surface area contributed by atoms with Crippen molar-refractivity contribution in [2.24, 2.45) is 5.92 Å².